The summed E-state index contributed by atoms with van der Waals surface area (Å²) < 4.78 is 4.85. The van der Waals surface area contributed by atoms with Crippen LogP contribution in [0, 0.1) is 0 Å². The molecule has 0 spiro atoms. The topological polar surface area (TPSA) is 41.7 Å². The number of aliphatic imine (C=N–C) groups is 2. The maximum Gasteiger partial charge on any atom is 0.160 e. The van der Waals surface area contributed by atoms with E-state index in [-0.39, 0.29) is 6.17 Å². The van der Waals surface area contributed by atoms with Crippen molar-refractivity contribution in [1.82, 2.24) is 9.88 Å². The van der Waals surface area contributed by atoms with E-state index in [1.165, 1.54) is 52.8 Å². The SMILES string of the molecule is c1ccc(C2=NC(c3cccc4sc5cc(-n6c7ccccc7c7ccccc76)ccc5c34)=NC(c3ccc4ccccc4c3)N2)cc1. The lowest BCUT2D eigenvalue weighted by molar-refractivity contribution is 0.675. The molecule has 1 unspecified atom stereocenters. The highest BCUT2D eigenvalue weighted by molar-refractivity contribution is 7.25. The van der Waals surface area contributed by atoms with Crippen LogP contribution in [0.5, 0.6) is 0 Å². The summed E-state index contributed by atoms with van der Waals surface area (Å²) in [6, 6.07) is 56.1. The molecule has 7 aromatic carbocycles. The molecular weight excluding hydrogens is 605 g/mol. The third-order valence-corrected chi connectivity index (χ3v) is 10.6. The molecule has 1 aliphatic heterocycles. The third kappa shape index (κ3) is 4.29. The first kappa shape index (κ1) is 27.1. The van der Waals surface area contributed by atoms with Gasteiger partial charge in [-0.2, -0.15) is 0 Å². The molecule has 10 rings (SSSR count). The highest BCUT2D eigenvalue weighted by Crippen LogP contribution is 2.40. The lowest BCUT2D eigenvalue weighted by atomic mass is 10.0. The molecule has 0 saturated heterocycles. The van der Waals surface area contributed by atoms with Crippen molar-refractivity contribution in [3.8, 4) is 5.69 Å². The van der Waals surface area contributed by atoms with Gasteiger partial charge in [-0.3, -0.25) is 0 Å². The van der Waals surface area contributed by atoms with E-state index < -0.39 is 0 Å². The Kier molecular flexibility index (Phi) is 6.08. The zero-order chi connectivity index (χ0) is 31.6. The summed E-state index contributed by atoms with van der Waals surface area (Å²) in [5, 5.41) is 11.0. The van der Waals surface area contributed by atoms with Crippen LogP contribution >= 0.6 is 11.3 Å². The average Bonchev–Trinajstić information content (AvgIpc) is 3.70. The first-order valence-electron chi connectivity index (χ1n) is 16.2. The Bertz CT molecular complexity index is 2720. The molecule has 0 bridgehead atoms. The Morgan fingerprint density at radius 2 is 1.29 bits per heavy atom. The van der Waals surface area contributed by atoms with Crippen molar-refractivity contribution in [2.24, 2.45) is 9.98 Å². The minimum atomic E-state index is -0.278. The zero-order valence-corrected chi connectivity index (χ0v) is 26.7. The second-order valence-corrected chi connectivity index (χ2v) is 13.3. The van der Waals surface area contributed by atoms with Gasteiger partial charge in [-0.05, 0) is 52.7 Å². The smallest absolute Gasteiger partial charge is 0.160 e. The molecular formula is C43H28N4S. The number of para-hydroxylation sites is 2. The summed E-state index contributed by atoms with van der Waals surface area (Å²) in [6.07, 6.45) is -0.278. The fourth-order valence-corrected chi connectivity index (χ4v) is 8.37. The van der Waals surface area contributed by atoms with Crippen LogP contribution < -0.4 is 5.32 Å². The van der Waals surface area contributed by atoms with Crippen LogP contribution in [0.2, 0.25) is 0 Å². The first-order chi connectivity index (χ1) is 23.8. The van der Waals surface area contributed by atoms with Gasteiger partial charge < -0.3 is 9.88 Å². The van der Waals surface area contributed by atoms with Gasteiger partial charge in [0.1, 0.15) is 12.0 Å². The highest BCUT2D eigenvalue weighted by atomic mass is 32.1. The zero-order valence-electron chi connectivity index (χ0n) is 25.8. The quantitative estimate of drug-likeness (QED) is 0.206. The van der Waals surface area contributed by atoms with Crippen molar-refractivity contribution in [2.75, 3.05) is 0 Å². The van der Waals surface area contributed by atoms with Gasteiger partial charge in [0.2, 0.25) is 0 Å². The molecule has 3 heterocycles. The van der Waals surface area contributed by atoms with E-state index in [2.05, 4.69) is 162 Å². The number of benzene rings is 7. The molecule has 226 valence electrons. The number of aromatic nitrogens is 1. The van der Waals surface area contributed by atoms with Gasteiger partial charge in [0.25, 0.3) is 0 Å². The number of hydrogen-bond acceptors (Lipinski definition) is 4. The fourth-order valence-electron chi connectivity index (χ4n) is 7.20. The normalized spacial score (nSPS) is 14.9. The van der Waals surface area contributed by atoms with Crippen molar-refractivity contribution in [2.45, 2.75) is 6.17 Å². The van der Waals surface area contributed by atoms with Gasteiger partial charge in [-0.15, -0.1) is 11.3 Å². The minimum absolute atomic E-state index is 0.278. The molecule has 4 nitrogen and oxygen atoms in total. The minimum Gasteiger partial charge on any atom is -0.344 e. The van der Waals surface area contributed by atoms with Crippen LogP contribution in [0.3, 0.4) is 0 Å². The van der Waals surface area contributed by atoms with Crippen LogP contribution in [-0.4, -0.2) is 16.2 Å². The van der Waals surface area contributed by atoms with Crippen molar-refractivity contribution in [3.05, 3.63) is 174 Å². The van der Waals surface area contributed by atoms with Crippen LogP contribution in [0.15, 0.2) is 168 Å². The molecule has 1 N–H and O–H groups in total. The maximum absolute atomic E-state index is 5.29. The van der Waals surface area contributed by atoms with Crippen LogP contribution in [0.4, 0.5) is 0 Å². The fraction of sp³-hybridized carbons (Fsp3) is 0.0233. The third-order valence-electron chi connectivity index (χ3n) is 9.44. The van der Waals surface area contributed by atoms with Gasteiger partial charge in [0.05, 0.1) is 11.0 Å². The molecule has 0 aliphatic carbocycles. The average molecular weight is 633 g/mol. The molecule has 0 radical (unpaired) electrons. The number of nitrogens with zero attached hydrogens (tertiary/aromatic N) is 3. The Hall–Kier alpha value is -6.04. The standard InChI is InChI=1S/C43H28N4S/c1-2-12-28(13-3-1)41-44-42(30-22-21-27-11-4-5-14-29(27)25-30)46-43(45-41)35-17-10-20-38-40(35)34-24-23-31(26-39(34)48-38)47-36-18-8-6-15-32(36)33-16-7-9-19-37(33)47/h1-26,42H,(H,44,45,46). The van der Waals surface area contributed by atoms with Crippen LogP contribution in [-0.2, 0) is 0 Å². The second kappa shape index (κ2) is 10.8. The molecule has 0 saturated carbocycles. The van der Waals surface area contributed by atoms with E-state index in [1.54, 1.807) is 0 Å². The Morgan fingerprint density at radius 3 is 2.10 bits per heavy atom. The number of thiophene rings is 1. The maximum atomic E-state index is 5.29. The number of rotatable bonds is 4. The van der Waals surface area contributed by atoms with Gasteiger partial charge >= 0.3 is 0 Å². The van der Waals surface area contributed by atoms with Crippen LogP contribution in [0.1, 0.15) is 22.9 Å². The summed E-state index contributed by atoms with van der Waals surface area (Å²) >= 11 is 1.83. The number of fused-ring (bicyclic) bond motifs is 7. The summed E-state index contributed by atoms with van der Waals surface area (Å²) in [5.74, 6) is 1.56. The molecule has 2 aromatic heterocycles. The van der Waals surface area contributed by atoms with E-state index in [9.17, 15) is 0 Å². The van der Waals surface area contributed by atoms with E-state index in [1.807, 2.05) is 17.4 Å². The predicted molar refractivity (Wildman–Crippen MR) is 203 cm³/mol. The Morgan fingerprint density at radius 1 is 0.562 bits per heavy atom. The van der Waals surface area contributed by atoms with E-state index in [0.717, 1.165) is 34.0 Å². The van der Waals surface area contributed by atoms with Crippen molar-refractivity contribution < 1.29 is 0 Å². The number of nitrogens with one attached hydrogen (secondary N) is 1. The van der Waals surface area contributed by atoms with Crippen molar-refractivity contribution in [1.29, 1.82) is 0 Å². The van der Waals surface area contributed by atoms with Crippen molar-refractivity contribution in [3.63, 3.8) is 0 Å². The first-order valence-corrected chi connectivity index (χ1v) is 17.0. The molecule has 5 heteroatoms. The second-order valence-electron chi connectivity index (χ2n) is 12.3. The summed E-state index contributed by atoms with van der Waals surface area (Å²) in [7, 11) is 0. The molecule has 0 amide bonds. The summed E-state index contributed by atoms with van der Waals surface area (Å²) in [4.78, 5) is 10.5. The van der Waals surface area contributed by atoms with Crippen molar-refractivity contribution >= 4 is 75.8 Å². The lowest BCUT2D eigenvalue weighted by Crippen LogP contribution is -2.33. The van der Waals surface area contributed by atoms with Gasteiger partial charge in [0, 0.05) is 47.8 Å². The molecule has 0 fully saturated rings. The number of hydrogen-bond donors (Lipinski definition) is 1. The lowest BCUT2D eigenvalue weighted by Gasteiger charge is -2.24. The Labute approximate surface area is 281 Å². The summed E-state index contributed by atoms with van der Waals surface area (Å²) in [5.41, 5.74) is 6.77. The van der Waals surface area contributed by atoms with Gasteiger partial charge in [-0.1, -0.05) is 121 Å². The predicted octanol–water partition coefficient (Wildman–Crippen LogP) is 10.8. The largest absolute Gasteiger partial charge is 0.344 e. The highest BCUT2D eigenvalue weighted by Gasteiger charge is 2.23. The molecule has 1 atom stereocenters. The number of amidine groups is 2. The van der Waals surface area contributed by atoms with Gasteiger partial charge in [0.15, 0.2) is 5.84 Å². The van der Waals surface area contributed by atoms with Gasteiger partial charge in [-0.25, -0.2) is 9.98 Å². The van der Waals surface area contributed by atoms with E-state index in [0.29, 0.717) is 0 Å². The molecule has 1 aliphatic rings. The van der Waals surface area contributed by atoms with E-state index >= 15 is 0 Å². The Balaban J connectivity index is 1.15. The van der Waals surface area contributed by atoms with E-state index in [4.69, 9.17) is 9.98 Å². The molecule has 48 heavy (non-hydrogen) atoms. The summed E-state index contributed by atoms with van der Waals surface area (Å²) in [6.45, 7) is 0. The molecule has 9 aromatic rings. The van der Waals surface area contributed by atoms with Crippen LogP contribution in [0.25, 0.3) is 58.4 Å². The monoisotopic (exact) mass is 632 g/mol.